The molecule has 17 heavy (non-hydrogen) atoms. The normalized spacial score (nSPS) is 10.6. The lowest BCUT2D eigenvalue weighted by atomic mass is 10.2. The monoisotopic (exact) mass is 244 g/mol. The van der Waals surface area contributed by atoms with Crippen molar-refractivity contribution in [3.8, 4) is 22.2 Å². The summed E-state index contributed by atoms with van der Waals surface area (Å²) < 4.78 is 5.60. The van der Waals surface area contributed by atoms with E-state index in [-0.39, 0.29) is 0 Å². The molecule has 0 aliphatic heterocycles. The zero-order valence-electron chi connectivity index (χ0n) is 8.99. The Bertz CT molecular complexity index is 632. The van der Waals surface area contributed by atoms with Gasteiger partial charge in [-0.05, 0) is 18.4 Å². The first-order chi connectivity index (χ1) is 8.34. The molecule has 0 aliphatic carbocycles. The van der Waals surface area contributed by atoms with Crippen LogP contribution in [-0.2, 0) is 0 Å². The molecule has 3 heterocycles. The van der Waals surface area contributed by atoms with Gasteiger partial charge in [-0.15, -0.1) is 21.5 Å². The summed E-state index contributed by atoms with van der Waals surface area (Å²) in [6.07, 6.45) is 3.17. The summed E-state index contributed by atoms with van der Waals surface area (Å²) in [5, 5.41) is 10.00. The van der Waals surface area contributed by atoms with Gasteiger partial charge >= 0.3 is 0 Å². The standard InChI is InChI=1S/C11H8N4OS/c1-7-8(5-12-6-13-7)10-14-15-11(16-10)9-3-2-4-17-9/h2-6H,1H3. The molecule has 0 bridgehead atoms. The van der Waals surface area contributed by atoms with Crippen LogP contribution in [0.4, 0.5) is 0 Å². The first kappa shape index (κ1) is 10.1. The highest BCUT2D eigenvalue weighted by molar-refractivity contribution is 7.13. The Balaban J connectivity index is 2.04. The van der Waals surface area contributed by atoms with E-state index in [1.165, 1.54) is 6.33 Å². The van der Waals surface area contributed by atoms with Crippen molar-refractivity contribution in [3.05, 3.63) is 35.7 Å². The van der Waals surface area contributed by atoms with E-state index in [1.54, 1.807) is 17.5 Å². The van der Waals surface area contributed by atoms with Crippen molar-refractivity contribution in [3.63, 3.8) is 0 Å². The molecule has 0 aromatic carbocycles. The van der Waals surface area contributed by atoms with Crippen molar-refractivity contribution in [2.75, 3.05) is 0 Å². The van der Waals surface area contributed by atoms with Crippen LogP contribution in [0, 0.1) is 6.92 Å². The lowest BCUT2D eigenvalue weighted by Gasteiger charge is -1.96. The molecule has 5 nitrogen and oxygen atoms in total. The third kappa shape index (κ3) is 1.83. The summed E-state index contributed by atoms with van der Waals surface area (Å²) in [6, 6.07) is 3.89. The topological polar surface area (TPSA) is 64.7 Å². The highest BCUT2D eigenvalue weighted by Crippen LogP contribution is 2.27. The van der Waals surface area contributed by atoms with Crippen LogP contribution in [0.3, 0.4) is 0 Å². The molecule has 0 fully saturated rings. The van der Waals surface area contributed by atoms with Gasteiger partial charge in [-0.25, -0.2) is 9.97 Å². The van der Waals surface area contributed by atoms with E-state index < -0.39 is 0 Å². The van der Waals surface area contributed by atoms with Crippen LogP contribution in [0.15, 0.2) is 34.5 Å². The number of nitrogens with zero attached hydrogens (tertiary/aromatic N) is 4. The van der Waals surface area contributed by atoms with E-state index >= 15 is 0 Å². The number of hydrogen-bond donors (Lipinski definition) is 0. The van der Waals surface area contributed by atoms with Gasteiger partial charge in [0.15, 0.2) is 0 Å². The van der Waals surface area contributed by atoms with E-state index in [4.69, 9.17) is 4.42 Å². The molecule has 0 amide bonds. The average molecular weight is 244 g/mol. The van der Waals surface area contributed by atoms with Crippen molar-refractivity contribution < 1.29 is 4.42 Å². The molecule has 0 aliphatic rings. The second kappa shape index (κ2) is 4.06. The van der Waals surface area contributed by atoms with Gasteiger partial charge < -0.3 is 4.42 Å². The van der Waals surface area contributed by atoms with Crippen LogP contribution < -0.4 is 0 Å². The van der Waals surface area contributed by atoms with Crippen LogP contribution in [0.25, 0.3) is 22.2 Å². The van der Waals surface area contributed by atoms with E-state index in [1.807, 2.05) is 24.4 Å². The van der Waals surface area contributed by atoms with Gasteiger partial charge in [0.05, 0.1) is 16.1 Å². The zero-order valence-corrected chi connectivity index (χ0v) is 9.81. The Morgan fingerprint density at radius 1 is 1.24 bits per heavy atom. The van der Waals surface area contributed by atoms with Crippen molar-refractivity contribution in [2.24, 2.45) is 0 Å². The molecule has 3 aromatic heterocycles. The van der Waals surface area contributed by atoms with E-state index in [0.29, 0.717) is 11.8 Å². The minimum absolute atomic E-state index is 0.450. The molecule has 0 spiro atoms. The second-order valence-electron chi connectivity index (χ2n) is 3.41. The molecule has 3 aromatic rings. The number of aryl methyl sites for hydroxylation is 1. The summed E-state index contributed by atoms with van der Waals surface area (Å²) in [6.45, 7) is 1.88. The fourth-order valence-electron chi connectivity index (χ4n) is 1.43. The third-order valence-corrected chi connectivity index (χ3v) is 3.16. The number of aromatic nitrogens is 4. The molecule has 0 atom stereocenters. The lowest BCUT2D eigenvalue weighted by molar-refractivity contribution is 0.585. The van der Waals surface area contributed by atoms with Crippen LogP contribution in [-0.4, -0.2) is 20.2 Å². The molecule has 6 heteroatoms. The maximum Gasteiger partial charge on any atom is 0.258 e. The Morgan fingerprint density at radius 2 is 2.12 bits per heavy atom. The Kier molecular flexibility index (Phi) is 2.41. The maximum absolute atomic E-state index is 5.60. The summed E-state index contributed by atoms with van der Waals surface area (Å²) in [5.74, 6) is 0.977. The van der Waals surface area contributed by atoms with Gasteiger partial charge in [0.1, 0.15) is 6.33 Å². The predicted octanol–water partition coefficient (Wildman–Crippen LogP) is 2.56. The van der Waals surface area contributed by atoms with Crippen molar-refractivity contribution >= 4 is 11.3 Å². The Morgan fingerprint density at radius 3 is 2.88 bits per heavy atom. The second-order valence-corrected chi connectivity index (χ2v) is 4.36. The molecule has 0 saturated carbocycles. The summed E-state index contributed by atoms with van der Waals surface area (Å²) in [5.41, 5.74) is 1.59. The molecule has 84 valence electrons. The SMILES string of the molecule is Cc1ncncc1-c1nnc(-c2cccs2)o1. The van der Waals surface area contributed by atoms with Gasteiger partial charge in [-0.2, -0.15) is 0 Å². The molecule has 0 radical (unpaired) electrons. The zero-order chi connectivity index (χ0) is 11.7. The summed E-state index contributed by atoms with van der Waals surface area (Å²) in [4.78, 5) is 9.01. The average Bonchev–Trinajstić information content (AvgIpc) is 3.00. The summed E-state index contributed by atoms with van der Waals surface area (Å²) in [7, 11) is 0. The van der Waals surface area contributed by atoms with Crippen LogP contribution in [0.2, 0.25) is 0 Å². The fourth-order valence-corrected chi connectivity index (χ4v) is 2.08. The molecule has 0 saturated heterocycles. The summed E-state index contributed by atoms with van der Waals surface area (Å²) >= 11 is 1.56. The number of thiophene rings is 1. The highest BCUT2D eigenvalue weighted by atomic mass is 32.1. The first-order valence-electron chi connectivity index (χ1n) is 4.99. The smallest absolute Gasteiger partial charge is 0.258 e. The van der Waals surface area contributed by atoms with Gasteiger partial charge in [0.25, 0.3) is 11.8 Å². The quantitative estimate of drug-likeness (QED) is 0.693. The number of rotatable bonds is 2. The molecule has 3 rings (SSSR count). The minimum atomic E-state index is 0.450. The Labute approximate surface area is 101 Å². The van der Waals surface area contributed by atoms with Crippen LogP contribution >= 0.6 is 11.3 Å². The van der Waals surface area contributed by atoms with Gasteiger partial charge in [0, 0.05) is 6.20 Å². The van der Waals surface area contributed by atoms with Crippen LogP contribution in [0.1, 0.15) is 5.69 Å². The van der Waals surface area contributed by atoms with E-state index in [9.17, 15) is 0 Å². The molecular formula is C11H8N4OS. The van der Waals surface area contributed by atoms with Gasteiger partial charge in [-0.1, -0.05) is 6.07 Å². The van der Waals surface area contributed by atoms with Gasteiger partial charge in [-0.3, -0.25) is 0 Å². The number of hydrogen-bond acceptors (Lipinski definition) is 6. The molecule has 0 N–H and O–H groups in total. The van der Waals surface area contributed by atoms with Gasteiger partial charge in [0.2, 0.25) is 0 Å². The third-order valence-electron chi connectivity index (χ3n) is 2.30. The highest BCUT2D eigenvalue weighted by Gasteiger charge is 2.13. The maximum atomic E-state index is 5.60. The minimum Gasteiger partial charge on any atom is -0.415 e. The van der Waals surface area contributed by atoms with Crippen molar-refractivity contribution in [1.82, 2.24) is 20.2 Å². The Hall–Kier alpha value is -2.08. The fraction of sp³-hybridized carbons (Fsp3) is 0.0909. The molecule has 0 unspecified atom stereocenters. The van der Waals surface area contributed by atoms with E-state index in [0.717, 1.165) is 16.1 Å². The predicted molar refractivity (Wildman–Crippen MR) is 63.4 cm³/mol. The largest absolute Gasteiger partial charge is 0.415 e. The van der Waals surface area contributed by atoms with E-state index in [2.05, 4.69) is 20.2 Å². The molecular weight excluding hydrogens is 236 g/mol. The van der Waals surface area contributed by atoms with Crippen molar-refractivity contribution in [2.45, 2.75) is 6.92 Å². The van der Waals surface area contributed by atoms with Crippen LogP contribution in [0.5, 0.6) is 0 Å². The van der Waals surface area contributed by atoms with Crippen molar-refractivity contribution in [1.29, 1.82) is 0 Å². The first-order valence-corrected chi connectivity index (χ1v) is 5.87. The lowest BCUT2D eigenvalue weighted by Crippen LogP contribution is -1.88.